The van der Waals surface area contributed by atoms with E-state index in [2.05, 4.69) is 31.1 Å². The minimum Gasteiger partial charge on any atom is -0.480 e. The molecule has 0 rings (SSSR count). The quantitative estimate of drug-likeness (QED) is 0.114. The van der Waals surface area contributed by atoms with Crippen molar-refractivity contribution in [3.05, 3.63) is 0 Å². The maximum atomic E-state index is 12.5. The molecule has 17 heteroatoms. The Balaban J connectivity index is 5.26. The molecule has 0 saturated heterocycles. The Kier molecular flexibility index (Phi) is 12.4. The van der Waals surface area contributed by atoms with Crippen molar-refractivity contribution in [1.29, 1.82) is 0 Å². The molecular formula is C17H30N5O11P. The number of aliphatic carboxylic acids is 1. The van der Waals surface area contributed by atoms with Crippen molar-refractivity contribution < 1.29 is 52.7 Å². The van der Waals surface area contributed by atoms with Crippen LogP contribution in [0.5, 0.6) is 0 Å². The third-order valence-electron chi connectivity index (χ3n) is 4.09. The number of carboxylic acid groups (broad SMARTS) is 1. The summed E-state index contributed by atoms with van der Waals surface area (Å²) in [4.78, 5) is 88.6. The molecule has 5 atom stereocenters. The van der Waals surface area contributed by atoms with E-state index in [1.54, 1.807) is 0 Å². The van der Waals surface area contributed by atoms with Gasteiger partial charge in [0.05, 0.1) is 6.61 Å². The number of hydrogen-bond donors (Lipinski definition) is 8. The van der Waals surface area contributed by atoms with Crippen molar-refractivity contribution in [3.8, 4) is 0 Å². The largest absolute Gasteiger partial charge is 0.480 e. The van der Waals surface area contributed by atoms with Crippen LogP contribution in [0.2, 0.25) is 0 Å². The van der Waals surface area contributed by atoms with Gasteiger partial charge in [0, 0.05) is 6.92 Å². The smallest absolute Gasteiger partial charge is 0.469 e. The molecule has 0 fully saturated rings. The number of rotatable bonds is 13. The van der Waals surface area contributed by atoms with Crippen LogP contribution in [0.3, 0.4) is 0 Å². The molecule has 0 aromatic heterocycles. The third kappa shape index (κ3) is 12.2. The van der Waals surface area contributed by atoms with Gasteiger partial charge < -0.3 is 41.5 Å². The van der Waals surface area contributed by atoms with E-state index in [0.717, 1.165) is 0 Å². The van der Waals surface area contributed by atoms with Gasteiger partial charge in [-0.1, -0.05) is 0 Å². The van der Waals surface area contributed by atoms with Crippen LogP contribution in [0.25, 0.3) is 0 Å². The molecule has 0 bridgehead atoms. The van der Waals surface area contributed by atoms with Gasteiger partial charge in [0.15, 0.2) is 0 Å². The zero-order chi connectivity index (χ0) is 26.8. The first kappa shape index (κ1) is 30.9. The molecule has 0 spiro atoms. The number of carbonyl (C=O) groups is 6. The Hall–Kier alpha value is -3.07. The Morgan fingerprint density at radius 1 is 0.706 bits per heavy atom. The summed E-state index contributed by atoms with van der Waals surface area (Å²) in [6.45, 7) is 5.20. The summed E-state index contributed by atoms with van der Waals surface area (Å²) >= 11 is 0. The molecule has 0 aliphatic heterocycles. The number of carboxylic acids is 1. The van der Waals surface area contributed by atoms with E-state index in [4.69, 9.17) is 14.9 Å². The lowest BCUT2D eigenvalue weighted by Gasteiger charge is -2.24. The number of phosphoric acid groups is 1. The van der Waals surface area contributed by atoms with Crippen LogP contribution in [0.15, 0.2) is 0 Å². The Bertz CT molecular complexity index is 846. The minimum absolute atomic E-state index is 0.484. The van der Waals surface area contributed by atoms with E-state index >= 15 is 0 Å². The molecular weight excluding hydrogens is 481 g/mol. The Morgan fingerprint density at radius 2 is 1.09 bits per heavy atom. The van der Waals surface area contributed by atoms with Crippen LogP contribution in [0.4, 0.5) is 0 Å². The van der Waals surface area contributed by atoms with E-state index in [9.17, 15) is 33.3 Å². The summed E-state index contributed by atoms with van der Waals surface area (Å²) in [5, 5.41) is 19.8. The summed E-state index contributed by atoms with van der Waals surface area (Å²) in [6.07, 6.45) is 0. The van der Waals surface area contributed by atoms with E-state index in [1.807, 2.05) is 0 Å². The maximum Gasteiger partial charge on any atom is 0.469 e. The molecule has 0 heterocycles. The van der Waals surface area contributed by atoms with E-state index in [1.165, 1.54) is 34.6 Å². The fourth-order valence-electron chi connectivity index (χ4n) is 2.21. The van der Waals surface area contributed by atoms with Gasteiger partial charge in [-0.05, 0) is 27.7 Å². The molecule has 34 heavy (non-hydrogen) atoms. The van der Waals surface area contributed by atoms with Crippen molar-refractivity contribution in [3.63, 3.8) is 0 Å². The number of nitrogens with one attached hydrogen (secondary N) is 5. The standard InChI is InChI=1S/C17H30N5O11P/c1-7(18-11(5)23)13(24)19-9(3)15(26)22-12(6-33-34(30,31)32)16(27)20-8(2)14(25)21-10(4)17(28)29/h7-10,12H,6H2,1-5H3,(H,18,23)(H,19,24)(H,20,27)(H,21,25)(H,22,26)(H,28,29)(H2,30,31,32)/t7-,8-,9-,10-,12-/m0/s1. The number of amides is 5. The summed E-state index contributed by atoms with van der Waals surface area (Å²) in [5.74, 6) is -5.44. The van der Waals surface area contributed by atoms with Crippen molar-refractivity contribution in [2.45, 2.75) is 64.8 Å². The normalized spacial score (nSPS) is 15.5. The lowest BCUT2D eigenvalue weighted by atomic mass is 10.2. The second kappa shape index (κ2) is 13.6. The van der Waals surface area contributed by atoms with E-state index < -0.39 is 80.1 Å². The van der Waals surface area contributed by atoms with E-state index in [0.29, 0.717) is 0 Å². The highest BCUT2D eigenvalue weighted by Crippen LogP contribution is 2.35. The zero-order valence-corrected chi connectivity index (χ0v) is 20.0. The van der Waals surface area contributed by atoms with Gasteiger partial charge in [-0.15, -0.1) is 0 Å². The highest BCUT2D eigenvalue weighted by molar-refractivity contribution is 7.46. The average molecular weight is 511 g/mol. The first-order valence-electron chi connectivity index (χ1n) is 9.86. The molecule has 0 aromatic rings. The van der Waals surface area contributed by atoms with E-state index in [-0.39, 0.29) is 0 Å². The van der Waals surface area contributed by atoms with Crippen LogP contribution < -0.4 is 26.6 Å². The summed E-state index contributed by atoms with van der Waals surface area (Å²) < 4.78 is 15.3. The Labute approximate surface area is 194 Å². The summed E-state index contributed by atoms with van der Waals surface area (Å²) in [5.41, 5.74) is 0. The first-order chi connectivity index (χ1) is 15.4. The molecule has 5 amide bonds. The minimum atomic E-state index is -5.04. The topological polar surface area (TPSA) is 250 Å². The highest BCUT2D eigenvalue weighted by Gasteiger charge is 2.30. The SMILES string of the molecule is CC(=O)N[C@@H](C)C(=O)N[C@@H](C)C(=O)N[C@@H](COP(=O)(O)O)C(=O)N[C@@H](C)C(=O)N[C@@H](C)C(=O)O. The average Bonchev–Trinajstić information content (AvgIpc) is 2.68. The predicted molar refractivity (Wildman–Crippen MR) is 114 cm³/mol. The second-order valence-corrected chi connectivity index (χ2v) is 8.54. The second-order valence-electron chi connectivity index (χ2n) is 7.30. The van der Waals surface area contributed by atoms with Crippen LogP contribution in [0.1, 0.15) is 34.6 Å². The molecule has 0 aromatic carbocycles. The zero-order valence-electron chi connectivity index (χ0n) is 19.1. The van der Waals surface area contributed by atoms with Crippen LogP contribution in [-0.2, 0) is 37.9 Å². The van der Waals surface area contributed by atoms with Gasteiger partial charge in [-0.2, -0.15) is 0 Å². The van der Waals surface area contributed by atoms with Gasteiger partial charge in [0.2, 0.25) is 29.5 Å². The Morgan fingerprint density at radius 3 is 1.50 bits per heavy atom. The summed E-state index contributed by atoms with van der Waals surface area (Å²) in [7, 11) is -5.04. The molecule has 16 nitrogen and oxygen atoms in total. The van der Waals surface area contributed by atoms with Gasteiger partial charge in [-0.25, -0.2) is 4.57 Å². The number of phosphoric ester groups is 1. The highest BCUT2D eigenvalue weighted by atomic mass is 31.2. The number of hydrogen-bond acceptors (Lipinski definition) is 8. The van der Waals surface area contributed by atoms with Crippen LogP contribution in [0, 0.1) is 0 Å². The van der Waals surface area contributed by atoms with Crippen molar-refractivity contribution in [2.24, 2.45) is 0 Å². The van der Waals surface area contributed by atoms with Gasteiger partial charge in [-0.3, -0.25) is 33.3 Å². The van der Waals surface area contributed by atoms with Crippen molar-refractivity contribution in [2.75, 3.05) is 6.61 Å². The van der Waals surface area contributed by atoms with Crippen LogP contribution in [-0.4, -0.2) is 87.2 Å². The molecule has 0 aliphatic carbocycles. The van der Waals surface area contributed by atoms with Gasteiger partial charge in [0.25, 0.3) is 0 Å². The molecule has 0 saturated carbocycles. The third-order valence-corrected chi connectivity index (χ3v) is 4.57. The molecule has 8 N–H and O–H groups in total. The maximum absolute atomic E-state index is 12.5. The summed E-state index contributed by atoms with van der Waals surface area (Å²) in [6, 6.07) is -6.48. The van der Waals surface area contributed by atoms with Gasteiger partial charge >= 0.3 is 13.8 Å². The van der Waals surface area contributed by atoms with Gasteiger partial charge in [0.1, 0.15) is 30.2 Å². The molecule has 0 radical (unpaired) electrons. The van der Waals surface area contributed by atoms with Crippen molar-refractivity contribution >= 4 is 43.3 Å². The molecule has 0 unspecified atom stereocenters. The fraction of sp³-hybridized carbons (Fsp3) is 0.647. The predicted octanol–water partition coefficient (Wildman–Crippen LogP) is -3.30. The lowest BCUT2D eigenvalue weighted by molar-refractivity contribution is -0.141. The van der Waals surface area contributed by atoms with Crippen molar-refractivity contribution in [1.82, 2.24) is 26.6 Å². The van der Waals surface area contributed by atoms with Crippen LogP contribution >= 0.6 is 7.82 Å². The molecule has 0 aliphatic rings. The molecule has 194 valence electrons. The lowest BCUT2D eigenvalue weighted by Crippen LogP contribution is -2.58. The first-order valence-corrected chi connectivity index (χ1v) is 11.4. The fourth-order valence-corrected chi connectivity index (χ4v) is 2.55. The number of carbonyl (C=O) groups excluding carboxylic acids is 5. The monoisotopic (exact) mass is 511 g/mol.